The Morgan fingerprint density at radius 2 is 0.929 bits per heavy atom. The van der Waals surface area contributed by atoms with Crippen LogP contribution in [0.5, 0.6) is 11.5 Å². The third-order valence-electron chi connectivity index (χ3n) is 21.2. The first-order valence-corrected chi connectivity index (χ1v) is 48.5. The average Bonchev–Trinajstić information content (AvgIpc) is 1.65. The van der Waals surface area contributed by atoms with E-state index in [1.807, 2.05) is 139 Å². The third kappa shape index (κ3) is 24.8. The second-order valence-corrected chi connectivity index (χ2v) is 38.9. The van der Waals surface area contributed by atoms with Crippen molar-refractivity contribution in [2.24, 2.45) is 28.2 Å². The second kappa shape index (κ2) is 43.7. The van der Waals surface area contributed by atoms with Gasteiger partial charge in [-0.1, -0.05) is 103 Å². The number of carboxylic acid groups (broad SMARTS) is 1. The largest absolute Gasteiger partial charge is 0.0622 e. The van der Waals surface area contributed by atoms with Crippen molar-refractivity contribution in [3.05, 3.63) is 228 Å². The monoisotopic (exact) mass is 1950 g/mol. The van der Waals surface area contributed by atoms with Gasteiger partial charge in [-0.25, -0.2) is 39.5 Å². The molecule has 10 aromatic heterocycles. The molecule has 0 unspecified atom stereocenters. The molecule has 1 amide bonds. The van der Waals surface area contributed by atoms with E-state index in [4.69, 9.17) is 74.0 Å². The van der Waals surface area contributed by atoms with E-state index in [9.17, 15) is 18.0 Å². The number of halogens is 6. The van der Waals surface area contributed by atoms with Gasteiger partial charge in [-0.05, 0) is 194 Å². The molecule has 3 fully saturated rings. The fraction of sp³-hybridized carbons (Fsp3) is 0.303. The van der Waals surface area contributed by atoms with Crippen LogP contribution in [-0.2, 0) is 63.0 Å². The number of nitrogens with zero attached hydrogens (tertiary/aromatic N) is 15. The molecule has 38 heteroatoms. The van der Waals surface area contributed by atoms with E-state index < -0.39 is 25.7 Å². The van der Waals surface area contributed by atoms with Gasteiger partial charge in [0.1, 0.15) is 17.1 Å². The van der Waals surface area contributed by atoms with E-state index in [2.05, 4.69) is 188 Å². The summed E-state index contributed by atoms with van der Waals surface area (Å²) >= 11 is 10.6. The van der Waals surface area contributed by atoms with E-state index in [1.165, 1.54) is 27.0 Å². The number of aryl methyl sites for hydroxylation is 4. The van der Waals surface area contributed by atoms with Gasteiger partial charge in [-0.3, -0.25) is 18.7 Å². The Labute approximate surface area is 768 Å². The maximum absolute atomic E-state index is 12.4. The molecule has 0 radical (unpaired) electrons. The maximum Gasteiger partial charge on any atom is -0.0134 e. The summed E-state index contributed by atoms with van der Waals surface area (Å²) in [6.45, 7) is 17.3. The summed E-state index contributed by atoms with van der Waals surface area (Å²) in [6, 6.07) is 52.8. The zero-order valence-electron chi connectivity index (χ0n) is 71.9. The number of piperidine rings is 2. The number of thiophene rings is 3. The van der Waals surface area contributed by atoms with Crippen LogP contribution in [0.2, 0.25) is 5.28 Å². The maximum atomic E-state index is 12.4. The minimum absolute atomic E-state index is 0.106. The predicted octanol–water partition coefficient (Wildman–Crippen LogP) is 19.2. The number of nitrogens with one attached hydrogen (secondary N) is 3. The summed E-state index contributed by atoms with van der Waals surface area (Å²) < 4.78 is 70.9. The molecule has 15 aromatic rings. The first kappa shape index (κ1) is 95.8. The fourth-order valence-electron chi connectivity index (χ4n) is 14.0. The predicted molar refractivity (Wildman–Crippen MR) is 501 cm³/mol. The van der Waals surface area contributed by atoms with Gasteiger partial charge in [0.2, 0.25) is 17.2 Å². The number of alkyl halides is 3. The van der Waals surface area contributed by atoms with Crippen molar-refractivity contribution in [2.45, 2.75) is 109 Å². The summed E-state index contributed by atoms with van der Waals surface area (Å²) in [5.74, 6) is 0.770. The minimum Gasteiger partial charge on any atom is -0.0622 e. The summed E-state index contributed by atoms with van der Waals surface area (Å²) in [7, 11) is 19.9. The van der Waals surface area contributed by atoms with Crippen LogP contribution in [0.1, 0.15) is 97.1 Å². The average molecular weight is 1950 g/mol. The Bertz CT molecular complexity index is 6020. The molecule has 668 valence electrons. The zero-order chi connectivity index (χ0) is 90.7. The SMILES string of the molecule is COc1cc(C2CCN(C(=O)OC(C)(C)C)CC2)ccc1Nc1ncc2scc(-c3ccnn3C)c2n1.COc1cc(C2CCNCC2)ccc1Nc1ncc2scc(-c3ccnn3C)c2n1.Cn1nccc1-c1csc2cnc(Cl)nc12.Cn1nccc1B1OC(C)(C)C(C)(C)O1.O=C(O)C(F)(F)F.[Cl][Pd][Cl].c1ccc(P(c2ccccc2)c2ccccc2)cc1. The van der Waals surface area contributed by atoms with Gasteiger partial charge >= 0.3 is 60.4 Å². The number of aromatic nitrogens is 14. The summed E-state index contributed by atoms with van der Waals surface area (Å²) in [4.78, 5) is 50.0. The Hall–Kier alpha value is -10.3. The Balaban J connectivity index is 0.000000146. The Morgan fingerprint density at radius 1 is 0.559 bits per heavy atom. The first-order valence-electron chi connectivity index (χ1n) is 40.2. The van der Waals surface area contributed by atoms with E-state index in [0.29, 0.717) is 36.8 Å². The quantitative estimate of drug-likeness (QED) is 0.0421. The topological polar surface area (TPSA) is 288 Å². The molecule has 13 heterocycles. The number of hydrogen-bond acceptors (Lipinski definition) is 23. The first-order chi connectivity index (χ1) is 60.8. The number of benzene rings is 5. The number of carbonyl (C=O) groups is 2. The molecule has 5 aromatic carbocycles. The van der Waals surface area contributed by atoms with Gasteiger partial charge in [-0.2, -0.15) is 33.6 Å². The fourth-order valence-corrected chi connectivity index (χ4v) is 19.1. The van der Waals surface area contributed by atoms with Crippen LogP contribution < -0.4 is 46.9 Å². The Kier molecular flexibility index (Phi) is 32.9. The summed E-state index contributed by atoms with van der Waals surface area (Å²) in [5, 5.41) is 44.8. The van der Waals surface area contributed by atoms with Crippen molar-refractivity contribution >= 4 is 167 Å². The van der Waals surface area contributed by atoms with Gasteiger partial charge in [0.15, 0.2) is 0 Å². The van der Waals surface area contributed by atoms with Crippen molar-refractivity contribution in [2.75, 3.05) is 51.0 Å². The van der Waals surface area contributed by atoms with E-state index in [0.717, 1.165) is 132 Å². The molecular weight excluding hydrogens is 1860 g/mol. The standard InChI is InChI=1S/C27H32N6O3S.C22H24N6OS.C18H15P.C10H17BN2O2.C10H7ClN4S.C2HF3O2.2ClH.Pd/c1-27(2,3)36-26(34)33-12-9-17(10-13-33)18-6-7-20(22(14-18)35-5)30-25-28-15-23-24(31-25)19(16-37-23)21-8-11-29-32(21)4;1-28-18(7-10-25-28)16-13-30-20-12-24-22(27-21(16)20)26-17-4-3-15(11-19(17)29-2)14-5-8-23-9-6-14;1-4-10-16(11-5-1)19(17-12-6-2-7-13-17)18-14-8-3-9-15-18;1-9(2)10(3,4)15-11(14-9)8-6-7-12-13(8)5;1-15-7(2-3-13-15)6-5-16-8-4-12-10(11)14-9(6)8;3-2(4,5)1(6)7;;;/h6-8,11,14-17H,9-10,12-13H2,1-5H3,(H,28,30,31);3-4,7,10-14,23H,5-6,8-9H2,1-2H3,(H,24,26,27);1-15H;6-7H,1-5H3;2-5H,1H3;(H,6,7);2*1H;/q;;;;;;;;+2/p-2. The number of ether oxygens (including phenoxy) is 3. The number of carboxylic acids is 1. The van der Waals surface area contributed by atoms with E-state index in [-0.39, 0.29) is 45.6 Å². The van der Waals surface area contributed by atoms with Crippen LogP contribution in [-0.4, -0.2) is 162 Å². The van der Waals surface area contributed by atoms with Crippen LogP contribution in [0, 0.1) is 0 Å². The number of carbonyl (C=O) groups excluding carboxylic acids is 1. The molecule has 26 nitrogen and oxygen atoms in total. The van der Waals surface area contributed by atoms with Crippen LogP contribution in [0.25, 0.3) is 64.4 Å². The van der Waals surface area contributed by atoms with Crippen molar-refractivity contribution in [1.29, 1.82) is 0 Å². The number of aliphatic carboxylic acids is 1. The third-order valence-corrected chi connectivity index (χ3v) is 26.6. The normalized spacial score (nSPS) is 14.3. The van der Waals surface area contributed by atoms with Crippen molar-refractivity contribution < 1.29 is 67.3 Å². The Morgan fingerprint density at radius 3 is 1.28 bits per heavy atom. The van der Waals surface area contributed by atoms with Crippen LogP contribution >= 0.6 is 72.6 Å². The van der Waals surface area contributed by atoms with Crippen molar-refractivity contribution in [3.63, 3.8) is 0 Å². The molecule has 0 saturated carbocycles. The molecular formula is C89H96BCl3F3N18O8PPdS3. The van der Waals surface area contributed by atoms with Gasteiger partial charge in [-0.15, -0.1) is 34.0 Å². The molecule has 4 N–H and O–H groups in total. The number of anilines is 4. The molecule has 0 spiro atoms. The summed E-state index contributed by atoms with van der Waals surface area (Å²) in [5.41, 5.74) is 13.0. The molecule has 0 atom stereocenters. The van der Waals surface area contributed by atoms with Crippen LogP contribution in [0.4, 0.5) is 41.2 Å². The van der Waals surface area contributed by atoms with Gasteiger partial charge in [0.25, 0.3) is 0 Å². The molecule has 0 bridgehead atoms. The van der Waals surface area contributed by atoms with Crippen molar-refractivity contribution in [3.8, 4) is 45.3 Å². The number of fused-ring (bicyclic) bond motifs is 3. The molecule has 3 saturated heterocycles. The molecule has 3 aliphatic rings. The molecule has 0 aliphatic carbocycles. The number of likely N-dealkylation sites (tertiary alicyclic amines) is 1. The zero-order valence-corrected chi connectivity index (χ0v) is 79.0. The second-order valence-electron chi connectivity index (χ2n) is 31.2. The number of hydrogen-bond donors (Lipinski definition) is 4. The minimum atomic E-state index is -5.08. The summed E-state index contributed by atoms with van der Waals surface area (Å²) in [6.07, 6.45) is 11.3. The molecule has 3 aliphatic heterocycles. The smallest absolute Gasteiger partial charge is 0.0134 e. The van der Waals surface area contributed by atoms with Crippen LogP contribution in [0.3, 0.4) is 0 Å². The molecule has 127 heavy (non-hydrogen) atoms. The van der Waals surface area contributed by atoms with Gasteiger partial charge in [0.05, 0.1) is 103 Å². The number of rotatable bonds is 15. The van der Waals surface area contributed by atoms with Crippen molar-refractivity contribution in [1.82, 2.24) is 79.2 Å². The van der Waals surface area contributed by atoms with Gasteiger partial charge in [0, 0.05) is 105 Å². The van der Waals surface area contributed by atoms with Gasteiger partial charge < -0.3 is 49.5 Å². The molecule has 18 rings (SSSR count). The number of methoxy groups -OCH3 is 2. The van der Waals surface area contributed by atoms with E-state index >= 15 is 0 Å². The number of amides is 1. The van der Waals surface area contributed by atoms with E-state index in [1.54, 1.807) is 88.8 Å². The van der Waals surface area contributed by atoms with Crippen LogP contribution in [0.15, 0.2) is 211 Å².